The number of ether oxygens (including phenoxy) is 1. The largest absolute Gasteiger partial charge is 0.353 e. The van der Waals surface area contributed by atoms with E-state index < -0.39 is 0 Å². The summed E-state index contributed by atoms with van der Waals surface area (Å²) in [5, 5.41) is 12.6. The van der Waals surface area contributed by atoms with E-state index in [4.69, 9.17) is 4.74 Å². The average Bonchev–Trinajstić information content (AvgIpc) is 2.90. The maximum absolute atomic E-state index is 5.59. The van der Waals surface area contributed by atoms with Gasteiger partial charge >= 0.3 is 0 Å². The zero-order valence-electron chi connectivity index (χ0n) is 12.4. The van der Waals surface area contributed by atoms with E-state index in [1.54, 1.807) is 0 Å². The van der Waals surface area contributed by atoms with Gasteiger partial charge in [-0.3, -0.25) is 0 Å². The highest BCUT2D eigenvalue weighted by molar-refractivity contribution is 5.13. The second kappa shape index (κ2) is 6.61. The molecule has 108 valence electrons. The summed E-state index contributed by atoms with van der Waals surface area (Å²) in [6.07, 6.45) is 2.15. The van der Waals surface area contributed by atoms with E-state index >= 15 is 0 Å². The highest BCUT2D eigenvalue weighted by Crippen LogP contribution is 2.24. The lowest BCUT2D eigenvalue weighted by molar-refractivity contribution is 0.0455. The molecule has 0 radical (unpaired) electrons. The van der Waals surface area contributed by atoms with Crippen LogP contribution in [0.25, 0.3) is 0 Å². The fraction of sp³-hybridized carbons (Fsp3) is 0.533. The van der Waals surface area contributed by atoms with Crippen LogP contribution in [-0.2, 0) is 23.5 Å². The smallest absolute Gasteiger partial charge is 0.180 e. The molecule has 0 atom stereocenters. The van der Waals surface area contributed by atoms with Crippen molar-refractivity contribution in [3.8, 4) is 0 Å². The molecule has 0 aliphatic rings. The molecule has 0 spiro atoms. The van der Waals surface area contributed by atoms with Gasteiger partial charge in [-0.1, -0.05) is 57.5 Å². The molecule has 0 N–H and O–H groups in total. The second-order valence-electron chi connectivity index (χ2n) is 5.58. The minimum atomic E-state index is -0.0353. The SMILES string of the molecule is CCCC(C)(C)c1nnn(COCc2ccccc2)n1. The Kier molecular flexibility index (Phi) is 4.84. The van der Waals surface area contributed by atoms with Gasteiger partial charge in [0, 0.05) is 5.41 Å². The van der Waals surface area contributed by atoms with Gasteiger partial charge in [0.1, 0.15) is 0 Å². The fourth-order valence-electron chi connectivity index (χ4n) is 2.12. The van der Waals surface area contributed by atoms with Crippen molar-refractivity contribution in [2.45, 2.75) is 52.4 Å². The Bertz CT molecular complexity index is 522. The number of aromatic nitrogens is 4. The van der Waals surface area contributed by atoms with Crippen LogP contribution < -0.4 is 0 Å². The third-order valence-corrected chi connectivity index (χ3v) is 3.25. The number of benzene rings is 1. The van der Waals surface area contributed by atoms with E-state index in [1.807, 2.05) is 30.3 Å². The summed E-state index contributed by atoms with van der Waals surface area (Å²) in [7, 11) is 0. The lowest BCUT2D eigenvalue weighted by atomic mass is 9.87. The molecule has 0 unspecified atom stereocenters. The Hall–Kier alpha value is -1.75. The average molecular weight is 274 g/mol. The Morgan fingerprint density at radius 2 is 1.95 bits per heavy atom. The van der Waals surface area contributed by atoms with Gasteiger partial charge in [0.15, 0.2) is 12.6 Å². The minimum Gasteiger partial charge on any atom is -0.353 e. The molecule has 1 aromatic carbocycles. The summed E-state index contributed by atoms with van der Waals surface area (Å²) in [6.45, 7) is 7.32. The van der Waals surface area contributed by atoms with Crippen LogP contribution in [0.5, 0.6) is 0 Å². The molecule has 2 rings (SSSR count). The third-order valence-electron chi connectivity index (χ3n) is 3.25. The zero-order valence-corrected chi connectivity index (χ0v) is 12.4. The van der Waals surface area contributed by atoms with Crippen LogP contribution in [0.2, 0.25) is 0 Å². The van der Waals surface area contributed by atoms with Crippen molar-refractivity contribution in [2.24, 2.45) is 0 Å². The van der Waals surface area contributed by atoms with Crippen molar-refractivity contribution in [1.29, 1.82) is 0 Å². The first-order chi connectivity index (χ1) is 9.62. The molecule has 5 heteroatoms. The van der Waals surface area contributed by atoms with Gasteiger partial charge < -0.3 is 4.74 Å². The number of hydrogen-bond acceptors (Lipinski definition) is 4. The summed E-state index contributed by atoms with van der Waals surface area (Å²) in [5.74, 6) is 0.780. The lowest BCUT2D eigenvalue weighted by Crippen LogP contribution is -2.19. The van der Waals surface area contributed by atoms with Gasteiger partial charge in [0.25, 0.3) is 0 Å². The molecule has 0 saturated heterocycles. The summed E-state index contributed by atoms with van der Waals surface area (Å²) in [6, 6.07) is 10.1. The van der Waals surface area contributed by atoms with Crippen molar-refractivity contribution in [3.63, 3.8) is 0 Å². The number of nitrogens with zero attached hydrogens (tertiary/aromatic N) is 4. The monoisotopic (exact) mass is 274 g/mol. The van der Waals surface area contributed by atoms with Crippen LogP contribution in [0, 0.1) is 0 Å². The summed E-state index contributed by atoms with van der Waals surface area (Å²) >= 11 is 0. The van der Waals surface area contributed by atoms with Crippen molar-refractivity contribution in [3.05, 3.63) is 41.7 Å². The predicted molar refractivity (Wildman–Crippen MR) is 77.0 cm³/mol. The normalized spacial score (nSPS) is 11.8. The summed E-state index contributed by atoms with van der Waals surface area (Å²) in [5.41, 5.74) is 1.10. The van der Waals surface area contributed by atoms with Crippen molar-refractivity contribution in [2.75, 3.05) is 0 Å². The molecule has 2 aromatic rings. The first-order valence-electron chi connectivity index (χ1n) is 7.02. The highest BCUT2D eigenvalue weighted by atomic mass is 16.5. The Labute approximate surface area is 120 Å². The molecule has 0 aliphatic carbocycles. The molecule has 1 heterocycles. The molecule has 1 aromatic heterocycles. The number of rotatable bonds is 7. The van der Waals surface area contributed by atoms with Crippen molar-refractivity contribution >= 4 is 0 Å². The van der Waals surface area contributed by atoms with Gasteiger partial charge in [0.05, 0.1) is 6.61 Å². The van der Waals surface area contributed by atoms with Crippen LogP contribution in [0.3, 0.4) is 0 Å². The molecule has 0 amide bonds. The Balaban J connectivity index is 1.87. The van der Waals surface area contributed by atoms with Gasteiger partial charge in [0.2, 0.25) is 0 Å². The standard InChI is InChI=1S/C15H22N4O/c1-4-10-15(2,3)14-16-18-19(17-14)12-20-11-13-8-6-5-7-9-13/h5-9H,4,10-12H2,1-3H3. The van der Waals surface area contributed by atoms with Crippen molar-refractivity contribution < 1.29 is 4.74 Å². The Morgan fingerprint density at radius 3 is 2.65 bits per heavy atom. The number of hydrogen-bond donors (Lipinski definition) is 0. The molecule has 5 nitrogen and oxygen atoms in total. The van der Waals surface area contributed by atoms with E-state index in [0.717, 1.165) is 24.2 Å². The fourth-order valence-corrected chi connectivity index (χ4v) is 2.12. The molecule has 0 fully saturated rings. The van der Waals surface area contributed by atoms with E-state index in [0.29, 0.717) is 13.3 Å². The molecule has 0 aliphatic heterocycles. The van der Waals surface area contributed by atoms with Crippen molar-refractivity contribution in [1.82, 2.24) is 20.2 Å². The Morgan fingerprint density at radius 1 is 1.20 bits per heavy atom. The molecular weight excluding hydrogens is 252 g/mol. The van der Waals surface area contributed by atoms with Gasteiger partial charge in [-0.15, -0.1) is 15.0 Å². The van der Waals surface area contributed by atoms with Crippen LogP contribution in [0.15, 0.2) is 30.3 Å². The second-order valence-corrected chi connectivity index (χ2v) is 5.58. The third kappa shape index (κ3) is 3.87. The number of tetrazole rings is 1. The van der Waals surface area contributed by atoms with E-state index in [1.165, 1.54) is 4.80 Å². The highest BCUT2D eigenvalue weighted by Gasteiger charge is 2.24. The van der Waals surface area contributed by atoms with Crippen LogP contribution in [0.4, 0.5) is 0 Å². The van der Waals surface area contributed by atoms with Gasteiger partial charge in [-0.2, -0.15) is 0 Å². The first kappa shape index (κ1) is 14.7. The maximum Gasteiger partial charge on any atom is 0.180 e. The molecule has 20 heavy (non-hydrogen) atoms. The summed E-state index contributed by atoms with van der Waals surface area (Å²) in [4.78, 5) is 1.51. The van der Waals surface area contributed by atoms with Crippen LogP contribution in [-0.4, -0.2) is 20.2 Å². The quantitative estimate of drug-likeness (QED) is 0.779. The van der Waals surface area contributed by atoms with E-state index in [2.05, 4.69) is 36.2 Å². The minimum absolute atomic E-state index is 0.0353. The maximum atomic E-state index is 5.59. The topological polar surface area (TPSA) is 52.8 Å². The van der Waals surface area contributed by atoms with Gasteiger partial charge in [-0.25, -0.2) is 0 Å². The zero-order chi connectivity index (χ0) is 14.4. The van der Waals surface area contributed by atoms with E-state index in [9.17, 15) is 0 Å². The van der Waals surface area contributed by atoms with Gasteiger partial charge in [-0.05, 0) is 17.2 Å². The molecule has 0 saturated carbocycles. The van der Waals surface area contributed by atoms with Crippen LogP contribution in [0.1, 0.15) is 45.0 Å². The first-order valence-corrected chi connectivity index (χ1v) is 7.02. The summed E-state index contributed by atoms with van der Waals surface area (Å²) < 4.78 is 5.59. The van der Waals surface area contributed by atoms with Crippen LogP contribution >= 0.6 is 0 Å². The van der Waals surface area contributed by atoms with E-state index in [-0.39, 0.29) is 5.41 Å². The lowest BCUT2D eigenvalue weighted by Gasteiger charge is -2.18. The molecule has 0 bridgehead atoms. The molecular formula is C15H22N4O. The predicted octanol–water partition coefficient (Wildman–Crippen LogP) is 2.93.